The predicted octanol–water partition coefficient (Wildman–Crippen LogP) is 2.54. The lowest BCUT2D eigenvalue weighted by Gasteiger charge is -1.97. The third-order valence-corrected chi connectivity index (χ3v) is 3.14. The van der Waals surface area contributed by atoms with Crippen molar-refractivity contribution >= 4 is 16.7 Å². The Hall–Kier alpha value is -2.69. The fourth-order valence-corrected chi connectivity index (χ4v) is 2.22. The average Bonchev–Trinajstić information content (AvgIpc) is 3.00. The molecule has 5 nitrogen and oxygen atoms in total. The molecule has 0 saturated carbocycles. The lowest BCUT2D eigenvalue weighted by molar-refractivity contribution is 0.174. The molecule has 1 aliphatic rings. The number of rotatable bonds is 1. The second-order valence-electron chi connectivity index (χ2n) is 4.43. The lowest BCUT2D eigenvalue weighted by Crippen LogP contribution is -1.92. The van der Waals surface area contributed by atoms with E-state index in [1.54, 1.807) is 0 Å². The Morgan fingerprint density at radius 1 is 1.11 bits per heavy atom. The summed E-state index contributed by atoms with van der Waals surface area (Å²) in [5, 5.41) is 0. The molecular formula is C14H11N3O2. The predicted molar refractivity (Wildman–Crippen MR) is 72.1 cm³/mol. The maximum absolute atomic E-state index is 5.79. The molecule has 1 aromatic heterocycles. The summed E-state index contributed by atoms with van der Waals surface area (Å²) in [5.41, 5.74) is 9.23. The molecule has 0 unspecified atom stereocenters. The first-order valence-corrected chi connectivity index (χ1v) is 5.95. The zero-order valence-corrected chi connectivity index (χ0v) is 10.0. The molecule has 1 aliphatic heterocycles. The van der Waals surface area contributed by atoms with Crippen LogP contribution in [0.1, 0.15) is 0 Å². The summed E-state index contributed by atoms with van der Waals surface area (Å²) in [6.07, 6.45) is 0. The number of nitrogens with two attached hydrogens (primary N) is 1. The number of fused-ring (bicyclic) bond motifs is 2. The second kappa shape index (κ2) is 3.65. The van der Waals surface area contributed by atoms with Crippen LogP contribution < -0.4 is 15.2 Å². The van der Waals surface area contributed by atoms with Crippen LogP contribution in [0.25, 0.3) is 22.4 Å². The molecule has 19 heavy (non-hydrogen) atoms. The van der Waals surface area contributed by atoms with Gasteiger partial charge in [-0.2, -0.15) is 0 Å². The van der Waals surface area contributed by atoms with Crippen molar-refractivity contribution in [3.05, 3.63) is 36.4 Å². The highest BCUT2D eigenvalue weighted by molar-refractivity contribution is 5.83. The molecule has 2 heterocycles. The van der Waals surface area contributed by atoms with Crippen LogP contribution in [0.5, 0.6) is 11.5 Å². The van der Waals surface area contributed by atoms with Crippen molar-refractivity contribution in [1.82, 2.24) is 9.97 Å². The van der Waals surface area contributed by atoms with Crippen LogP contribution in [0.4, 0.5) is 5.69 Å². The average molecular weight is 253 g/mol. The summed E-state index contributed by atoms with van der Waals surface area (Å²) in [7, 11) is 0. The van der Waals surface area contributed by atoms with Crippen molar-refractivity contribution in [2.45, 2.75) is 0 Å². The topological polar surface area (TPSA) is 73.2 Å². The van der Waals surface area contributed by atoms with Gasteiger partial charge in [0.05, 0.1) is 11.0 Å². The van der Waals surface area contributed by atoms with Crippen LogP contribution in [0.2, 0.25) is 0 Å². The van der Waals surface area contributed by atoms with Gasteiger partial charge in [0.2, 0.25) is 6.79 Å². The maximum atomic E-state index is 5.79. The number of nitrogen functional groups attached to an aromatic ring is 1. The molecule has 94 valence electrons. The summed E-state index contributed by atoms with van der Waals surface area (Å²) in [6.45, 7) is 0.268. The third-order valence-electron chi connectivity index (χ3n) is 3.14. The molecule has 0 saturated heterocycles. The molecule has 0 spiro atoms. The molecule has 4 rings (SSSR count). The van der Waals surface area contributed by atoms with Gasteiger partial charge in [0.25, 0.3) is 0 Å². The van der Waals surface area contributed by atoms with E-state index in [2.05, 4.69) is 9.97 Å². The molecule has 3 aromatic rings. The maximum Gasteiger partial charge on any atom is 0.231 e. The number of ether oxygens (including phenoxy) is 2. The van der Waals surface area contributed by atoms with Gasteiger partial charge in [-0.25, -0.2) is 4.98 Å². The van der Waals surface area contributed by atoms with E-state index in [0.717, 1.165) is 33.9 Å². The van der Waals surface area contributed by atoms with Crippen LogP contribution in [-0.2, 0) is 0 Å². The second-order valence-corrected chi connectivity index (χ2v) is 4.43. The highest BCUT2D eigenvalue weighted by atomic mass is 16.7. The van der Waals surface area contributed by atoms with Gasteiger partial charge in [0, 0.05) is 23.4 Å². The molecular weight excluding hydrogens is 242 g/mol. The van der Waals surface area contributed by atoms with Crippen molar-refractivity contribution < 1.29 is 9.47 Å². The van der Waals surface area contributed by atoms with Crippen LogP contribution in [0.15, 0.2) is 36.4 Å². The van der Waals surface area contributed by atoms with Gasteiger partial charge in [0.15, 0.2) is 11.5 Å². The van der Waals surface area contributed by atoms with Crippen molar-refractivity contribution in [3.63, 3.8) is 0 Å². The number of anilines is 1. The van der Waals surface area contributed by atoms with Gasteiger partial charge in [-0.1, -0.05) is 12.1 Å². The first kappa shape index (κ1) is 10.3. The number of hydrogen-bond acceptors (Lipinski definition) is 4. The van der Waals surface area contributed by atoms with Gasteiger partial charge in [0.1, 0.15) is 5.82 Å². The standard InChI is InChI=1S/C14H11N3O2/c15-9-3-1-2-8(4-9)14-16-10-5-12-13(19-7-18-12)6-11(10)17-14/h1-6H,7,15H2,(H,16,17). The Labute approximate surface area is 109 Å². The van der Waals surface area contributed by atoms with E-state index in [1.807, 2.05) is 36.4 Å². The van der Waals surface area contributed by atoms with E-state index in [9.17, 15) is 0 Å². The minimum Gasteiger partial charge on any atom is -0.454 e. The highest BCUT2D eigenvalue weighted by Crippen LogP contribution is 2.36. The van der Waals surface area contributed by atoms with Gasteiger partial charge in [-0.05, 0) is 12.1 Å². The Bertz CT molecular complexity index is 738. The van der Waals surface area contributed by atoms with E-state index in [1.165, 1.54) is 0 Å². The number of aromatic amines is 1. The number of benzene rings is 2. The van der Waals surface area contributed by atoms with E-state index in [-0.39, 0.29) is 6.79 Å². The van der Waals surface area contributed by atoms with Crippen molar-refractivity contribution in [2.24, 2.45) is 0 Å². The smallest absolute Gasteiger partial charge is 0.231 e. The largest absolute Gasteiger partial charge is 0.454 e. The van der Waals surface area contributed by atoms with Gasteiger partial charge < -0.3 is 20.2 Å². The number of nitrogens with zero attached hydrogens (tertiary/aromatic N) is 1. The fourth-order valence-electron chi connectivity index (χ4n) is 2.22. The molecule has 2 aromatic carbocycles. The quantitative estimate of drug-likeness (QED) is 0.654. The van der Waals surface area contributed by atoms with E-state index >= 15 is 0 Å². The molecule has 0 amide bonds. The molecule has 5 heteroatoms. The summed E-state index contributed by atoms with van der Waals surface area (Å²) in [6, 6.07) is 11.4. The number of nitrogens with one attached hydrogen (secondary N) is 1. The summed E-state index contributed by atoms with van der Waals surface area (Å²) >= 11 is 0. The van der Waals surface area contributed by atoms with Crippen molar-refractivity contribution in [2.75, 3.05) is 12.5 Å². The van der Waals surface area contributed by atoms with Crippen LogP contribution >= 0.6 is 0 Å². The van der Waals surface area contributed by atoms with E-state index in [4.69, 9.17) is 15.2 Å². The fraction of sp³-hybridized carbons (Fsp3) is 0.0714. The van der Waals surface area contributed by atoms with Crippen molar-refractivity contribution in [1.29, 1.82) is 0 Å². The number of imidazole rings is 1. The van der Waals surface area contributed by atoms with E-state index < -0.39 is 0 Å². The van der Waals surface area contributed by atoms with E-state index in [0.29, 0.717) is 5.69 Å². The molecule has 3 N–H and O–H groups in total. The Morgan fingerprint density at radius 3 is 2.79 bits per heavy atom. The monoisotopic (exact) mass is 253 g/mol. The van der Waals surface area contributed by atoms with Crippen LogP contribution in [0.3, 0.4) is 0 Å². The van der Waals surface area contributed by atoms with Crippen LogP contribution in [0, 0.1) is 0 Å². The normalized spacial score (nSPS) is 13.1. The molecule has 0 radical (unpaired) electrons. The highest BCUT2D eigenvalue weighted by Gasteiger charge is 2.16. The SMILES string of the molecule is Nc1cccc(-c2nc3cc4c(cc3[nH]2)OCO4)c1. The first-order chi connectivity index (χ1) is 9.29. The minimum absolute atomic E-state index is 0.268. The third kappa shape index (κ3) is 1.59. The summed E-state index contributed by atoms with van der Waals surface area (Å²) in [5.74, 6) is 2.26. The summed E-state index contributed by atoms with van der Waals surface area (Å²) < 4.78 is 10.7. The molecule has 0 atom stereocenters. The molecule has 0 fully saturated rings. The molecule has 0 aliphatic carbocycles. The van der Waals surface area contributed by atoms with Gasteiger partial charge in [-0.3, -0.25) is 0 Å². The number of H-pyrrole nitrogens is 1. The lowest BCUT2D eigenvalue weighted by atomic mass is 10.2. The number of hydrogen-bond donors (Lipinski definition) is 2. The van der Waals surface area contributed by atoms with Crippen LogP contribution in [-0.4, -0.2) is 16.8 Å². The van der Waals surface area contributed by atoms with Gasteiger partial charge in [-0.15, -0.1) is 0 Å². The Balaban J connectivity index is 1.88. The minimum atomic E-state index is 0.268. The van der Waals surface area contributed by atoms with Crippen molar-refractivity contribution in [3.8, 4) is 22.9 Å². The Morgan fingerprint density at radius 2 is 1.95 bits per heavy atom. The zero-order chi connectivity index (χ0) is 12.8. The Kier molecular flexibility index (Phi) is 1.97. The number of aromatic nitrogens is 2. The summed E-state index contributed by atoms with van der Waals surface area (Å²) in [4.78, 5) is 7.82. The molecule has 0 bridgehead atoms. The zero-order valence-electron chi connectivity index (χ0n) is 10.0. The first-order valence-electron chi connectivity index (χ1n) is 5.95. The van der Waals surface area contributed by atoms with Gasteiger partial charge >= 0.3 is 0 Å².